The van der Waals surface area contributed by atoms with Crippen molar-refractivity contribution < 1.29 is 9.21 Å². The van der Waals surface area contributed by atoms with E-state index in [-0.39, 0.29) is 5.91 Å². The van der Waals surface area contributed by atoms with Crippen molar-refractivity contribution >= 4 is 49.7 Å². The number of nitrogens with one attached hydrogen (secondary N) is 1. The third kappa shape index (κ3) is 4.46. The zero-order valence-electron chi connectivity index (χ0n) is 12.4. The predicted octanol–water partition coefficient (Wildman–Crippen LogP) is 4.70. The van der Waals surface area contributed by atoms with Crippen LogP contribution in [0.25, 0.3) is 6.08 Å². The van der Waals surface area contributed by atoms with E-state index in [0.717, 1.165) is 10.0 Å². The molecule has 2 aromatic heterocycles. The first kappa shape index (κ1) is 16.7. The zero-order valence-corrected chi connectivity index (χ0v) is 15.6. The van der Waals surface area contributed by atoms with Crippen molar-refractivity contribution in [1.82, 2.24) is 9.78 Å². The minimum Gasteiger partial charge on any atom is -0.450 e. The molecule has 3 aromatic rings. The predicted molar refractivity (Wildman–Crippen MR) is 99.5 cm³/mol. The molecule has 3 rings (SSSR count). The van der Waals surface area contributed by atoms with Gasteiger partial charge in [-0.1, -0.05) is 28.1 Å². The zero-order chi connectivity index (χ0) is 16.9. The van der Waals surface area contributed by atoms with Crippen molar-refractivity contribution in [3.05, 3.63) is 75.2 Å². The van der Waals surface area contributed by atoms with E-state index in [1.807, 2.05) is 24.3 Å². The fourth-order valence-corrected chi connectivity index (χ4v) is 2.65. The van der Waals surface area contributed by atoms with Crippen LogP contribution in [0.15, 0.2) is 68.3 Å². The van der Waals surface area contributed by atoms with Gasteiger partial charge in [0.1, 0.15) is 11.6 Å². The summed E-state index contributed by atoms with van der Waals surface area (Å²) in [6.07, 6.45) is 4.68. The van der Waals surface area contributed by atoms with Crippen LogP contribution in [0, 0.1) is 0 Å². The van der Waals surface area contributed by atoms with Gasteiger partial charge in [0, 0.05) is 16.6 Å². The van der Waals surface area contributed by atoms with E-state index in [1.54, 1.807) is 35.2 Å². The lowest BCUT2D eigenvalue weighted by Gasteiger charge is -2.08. The Morgan fingerprint density at radius 2 is 1.96 bits per heavy atom. The van der Waals surface area contributed by atoms with Crippen molar-refractivity contribution in [1.29, 1.82) is 0 Å². The van der Waals surface area contributed by atoms with Gasteiger partial charge >= 0.3 is 0 Å². The third-order valence-corrected chi connectivity index (χ3v) is 4.16. The van der Waals surface area contributed by atoms with E-state index >= 15 is 0 Å². The number of rotatable bonds is 5. The van der Waals surface area contributed by atoms with Crippen LogP contribution in [0.1, 0.15) is 11.3 Å². The second kappa shape index (κ2) is 7.63. The van der Waals surface area contributed by atoms with E-state index in [4.69, 9.17) is 4.42 Å². The first-order valence-electron chi connectivity index (χ1n) is 7.11. The lowest BCUT2D eigenvalue weighted by Crippen LogP contribution is -2.13. The number of halogens is 2. The highest BCUT2D eigenvalue weighted by molar-refractivity contribution is 9.10. The van der Waals surface area contributed by atoms with E-state index in [1.165, 1.54) is 6.08 Å². The van der Waals surface area contributed by atoms with Crippen LogP contribution in [0.4, 0.5) is 5.82 Å². The fraction of sp³-hybridized carbons (Fsp3) is 0.0588. The van der Waals surface area contributed by atoms with Crippen molar-refractivity contribution in [2.24, 2.45) is 0 Å². The Bertz CT molecular complexity index is 866. The summed E-state index contributed by atoms with van der Waals surface area (Å²) in [4.78, 5) is 12.0. The van der Waals surface area contributed by atoms with Gasteiger partial charge < -0.3 is 9.73 Å². The summed E-state index contributed by atoms with van der Waals surface area (Å²) in [7, 11) is 0. The second-order valence-corrected chi connectivity index (χ2v) is 6.66. The highest BCUT2D eigenvalue weighted by Crippen LogP contribution is 2.16. The quantitative estimate of drug-likeness (QED) is 0.573. The molecule has 1 amide bonds. The summed E-state index contributed by atoms with van der Waals surface area (Å²) < 4.78 is 8.69. The number of amides is 1. The summed E-state index contributed by atoms with van der Waals surface area (Å²) in [5.74, 6) is 0.980. The van der Waals surface area contributed by atoms with Gasteiger partial charge in [0.15, 0.2) is 4.67 Å². The first-order valence-corrected chi connectivity index (χ1v) is 8.69. The molecule has 7 heteroatoms. The maximum Gasteiger partial charge on any atom is 0.249 e. The largest absolute Gasteiger partial charge is 0.450 e. The van der Waals surface area contributed by atoms with Crippen LogP contribution in [0.5, 0.6) is 0 Å². The Balaban J connectivity index is 1.65. The fourth-order valence-electron chi connectivity index (χ4n) is 2.07. The minimum atomic E-state index is -0.250. The lowest BCUT2D eigenvalue weighted by atomic mass is 10.2. The van der Waals surface area contributed by atoms with Gasteiger partial charge in [-0.15, -0.1) is 0 Å². The molecule has 0 atom stereocenters. The van der Waals surface area contributed by atoms with Gasteiger partial charge in [0.05, 0.1) is 12.7 Å². The van der Waals surface area contributed by atoms with E-state index in [2.05, 4.69) is 42.3 Å². The second-order valence-electron chi connectivity index (χ2n) is 4.97. The molecule has 0 bridgehead atoms. The number of anilines is 1. The standard InChI is InChI=1S/C17H13Br2N3O2/c18-13-3-1-12(2-4-13)11-22-16(9-10-20-22)21-17(23)8-6-14-5-7-15(19)24-14/h1-10H,11H2,(H,21,23)/b8-6+. The van der Waals surface area contributed by atoms with Crippen LogP contribution in [0.3, 0.4) is 0 Å². The molecule has 0 unspecified atom stereocenters. The third-order valence-electron chi connectivity index (χ3n) is 3.21. The van der Waals surface area contributed by atoms with Gasteiger partial charge in [0.25, 0.3) is 0 Å². The SMILES string of the molecule is O=C(/C=C/c1ccc(Br)o1)Nc1ccnn1Cc1ccc(Br)cc1. The molecular weight excluding hydrogens is 438 g/mol. The molecule has 0 saturated heterocycles. The molecule has 24 heavy (non-hydrogen) atoms. The van der Waals surface area contributed by atoms with Gasteiger partial charge in [0.2, 0.25) is 5.91 Å². The molecule has 0 saturated carbocycles. The molecule has 0 aliphatic carbocycles. The van der Waals surface area contributed by atoms with Gasteiger partial charge in [-0.2, -0.15) is 5.10 Å². The molecule has 1 aromatic carbocycles. The Morgan fingerprint density at radius 1 is 1.17 bits per heavy atom. The molecule has 0 radical (unpaired) electrons. The van der Waals surface area contributed by atoms with E-state index in [0.29, 0.717) is 22.8 Å². The number of hydrogen-bond donors (Lipinski definition) is 1. The Morgan fingerprint density at radius 3 is 2.67 bits per heavy atom. The minimum absolute atomic E-state index is 0.250. The summed E-state index contributed by atoms with van der Waals surface area (Å²) in [5, 5.41) is 7.06. The Kier molecular flexibility index (Phi) is 5.32. The highest BCUT2D eigenvalue weighted by atomic mass is 79.9. The summed E-state index contributed by atoms with van der Waals surface area (Å²) in [6, 6.07) is 13.3. The summed E-state index contributed by atoms with van der Waals surface area (Å²) >= 11 is 6.63. The number of benzene rings is 1. The van der Waals surface area contributed by atoms with Gasteiger partial charge in [-0.3, -0.25) is 4.79 Å². The van der Waals surface area contributed by atoms with Crippen LogP contribution >= 0.6 is 31.9 Å². The molecular formula is C17H13Br2N3O2. The monoisotopic (exact) mass is 449 g/mol. The first-order chi connectivity index (χ1) is 11.6. The van der Waals surface area contributed by atoms with Crippen LogP contribution in [-0.4, -0.2) is 15.7 Å². The summed E-state index contributed by atoms with van der Waals surface area (Å²) in [5.41, 5.74) is 1.09. The average molecular weight is 451 g/mol. The number of nitrogens with zero attached hydrogens (tertiary/aromatic N) is 2. The van der Waals surface area contributed by atoms with Crippen molar-refractivity contribution in [3.8, 4) is 0 Å². The van der Waals surface area contributed by atoms with Crippen molar-refractivity contribution in [2.45, 2.75) is 6.54 Å². The van der Waals surface area contributed by atoms with Crippen molar-refractivity contribution in [3.63, 3.8) is 0 Å². The van der Waals surface area contributed by atoms with E-state index < -0.39 is 0 Å². The Labute approximate surface area is 155 Å². The molecule has 5 nitrogen and oxygen atoms in total. The number of carbonyl (C=O) groups excluding carboxylic acids is 1. The van der Waals surface area contributed by atoms with Crippen LogP contribution in [0.2, 0.25) is 0 Å². The van der Waals surface area contributed by atoms with Gasteiger partial charge in [-0.05, 0) is 51.8 Å². The Hall–Kier alpha value is -2.12. The molecule has 2 heterocycles. The smallest absolute Gasteiger partial charge is 0.249 e. The topological polar surface area (TPSA) is 60.1 Å². The van der Waals surface area contributed by atoms with Crippen LogP contribution in [-0.2, 0) is 11.3 Å². The van der Waals surface area contributed by atoms with Gasteiger partial charge in [-0.25, -0.2) is 4.68 Å². The molecule has 1 N–H and O–H groups in total. The number of carbonyl (C=O) groups is 1. The number of hydrogen-bond acceptors (Lipinski definition) is 3. The molecule has 0 spiro atoms. The molecule has 0 aliphatic rings. The summed E-state index contributed by atoms with van der Waals surface area (Å²) in [6.45, 7) is 0.574. The lowest BCUT2D eigenvalue weighted by molar-refractivity contribution is -0.111. The van der Waals surface area contributed by atoms with Crippen molar-refractivity contribution in [2.75, 3.05) is 5.32 Å². The molecule has 0 aliphatic heterocycles. The number of furan rings is 1. The maximum atomic E-state index is 12.0. The van der Waals surface area contributed by atoms with E-state index in [9.17, 15) is 4.79 Å². The molecule has 0 fully saturated rings. The number of aromatic nitrogens is 2. The normalized spacial score (nSPS) is 11.1. The molecule has 122 valence electrons. The van der Waals surface area contributed by atoms with Crippen LogP contribution < -0.4 is 5.32 Å². The highest BCUT2D eigenvalue weighted by Gasteiger charge is 2.06. The average Bonchev–Trinajstić information content (AvgIpc) is 3.17. The maximum absolute atomic E-state index is 12.0.